The Bertz CT molecular complexity index is 277. The summed E-state index contributed by atoms with van der Waals surface area (Å²) in [5, 5.41) is 8.45. The second kappa shape index (κ2) is 5.01. The lowest BCUT2D eigenvalue weighted by Gasteiger charge is -2.18. The largest absolute Gasteiger partial charge is 0.478 e. The first-order chi connectivity index (χ1) is 5.98. The van der Waals surface area contributed by atoms with E-state index in [0.29, 0.717) is 0 Å². The minimum absolute atomic E-state index is 0.209. The number of hydrogen-bond acceptors (Lipinski definition) is 1. The fraction of sp³-hybridized carbons (Fsp3) is 0.500. The number of alkyl halides is 6. The lowest BCUT2D eigenvalue weighted by Crippen LogP contribution is -2.24. The molecule has 0 aromatic carbocycles. The first-order valence-electron chi connectivity index (χ1n) is 3.06. The van der Waals surface area contributed by atoms with Crippen LogP contribution >= 0.6 is 67.8 Å². The fourth-order valence-electron chi connectivity index (χ4n) is 0.636. The number of carboxylic acid groups (broad SMARTS) is 1. The molecule has 0 aliphatic rings. The summed E-state index contributed by atoms with van der Waals surface area (Å²) in [6, 6.07) is 0. The van der Waals surface area contributed by atoms with Gasteiger partial charge in [0.1, 0.15) is 5.01 Å². The minimum Gasteiger partial charge on any atom is -0.478 e. The average Bonchev–Trinajstić information content (AvgIpc) is 1.79. The number of rotatable bonds is 2. The van der Waals surface area contributed by atoms with Gasteiger partial charge in [0.15, 0.2) is 0 Å². The van der Waals surface area contributed by atoms with Gasteiger partial charge in [0.2, 0.25) is 0 Å². The van der Waals surface area contributed by atoms with E-state index in [2.05, 4.69) is 0 Å². The average molecular weight is 546 g/mol. The van der Waals surface area contributed by atoms with Crippen LogP contribution in [0.5, 0.6) is 0 Å². The van der Waals surface area contributed by atoms with Crippen molar-refractivity contribution in [1.29, 1.82) is 0 Å². The van der Waals surface area contributed by atoms with E-state index in [-0.39, 0.29) is 5.57 Å². The maximum Gasteiger partial charge on any atom is 0.423 e. The van der Waals surface area contributed by atoms with Crippen molar-refractivity contribution < 1.29 is 23.1 Å². The third kappa shape index (κ3) is 4.37. The van der Waals surface area contributed by atoms with E-state index in [1.54, 1.807) is 67.8 Å². The van der Waals surface area contributed by atoms with Gasteiger partial charge in [-0.15, -0.1) is 0 Å². The Balaban J connectivity index is 5.53. The number of carboxylic acids is 1. The summed E-state index contributed by atoms with van der Waals surface area (Å²) in [6.45, 7) is 1.17. The molecule has 0 aliphatic heterocycles. The number of halogens is 6. The highest BCUT2D eigenvalue weighted by Gasteiger charge is 2.43. The molecule has 0 aliphatic carbocycles. The van der Waals surface area contributed by atoms with Gasteiger partial charge < -0.3 is 5.11 Å². The van der Waals surface area contributed by atoms with Gasteiger partial charge in [-0.1, -0.05) is 67.8 Å². The third-order valence-corrected chi connectivity index (χ3v) is 3.72. The Morgan fingerprint density at radius 2 is 1.57 bits per heavy atom. The normalized spacial score (nSPS) is 15.1. The summed E-state index contributed by atoms with van der Waals surface area (Å²) in [7, 11) is 0. The number of hydrogen-bond donors (Lipinski definition) is 1. The van der Waals surface area contributed by atoms with Gasteiger partial charge in [0.25, 0.3) is 0 Å². The molecule has 0 aromatic rings. The highest BCUT2D eigenvalue weighted by molar-refractivity contribution is 14.3. The van der Waals surface area contributed by atoms with Gasteiger partial charge in [-0.2, -0.15) is 13.2 Å². The van der Waals surface area contributed by atoms with Gasteiger partial charge in [-0.05, 0) is 12.5 Å². The Hall–Kier alpha value is 1.19. The highest BCUT2D eigenvalue weighted by atomic mass is 127. The van der Waals surface area contributed by atoms with Crippen LogP contribution in [-0.2, 0) is 4.79 Å². The van der Waals surface area contributed by atoms with Crippen molar-refractivity contribution in [1.82, 2.24) is 0 Å². The zero-order valence-corrected chi connectivity index (χ0v) is 13.1. The molecule has 0 amide bonds. The monoisotopic (exact) mass is 546 g/mol. The first kappa shape index (κ1) is 15.2. The van der Waals surface area contributed by atoms with Crippen LogP contribution in [0.3, 0.4) is 0 Å². The van der Waals surface area contributed by atoms with Gasteiger partial charge in [-0.25, -0.2) is 4.79 Å². The molecule has 0 saturated heterocycles. The van der Waals surface area contributed by atoms with Crippen molar-refractivity contribution in [2.75, 3.05) is 0 Å². The minimum atomic E-state index is -4.82. The zero-order valence-electron chi connectivity index (χ0n) is 6.62. The maximum absolute atomic E-state index is 12.3. The molecule has 0 radical (unpaired) electrons. The molecule has 82 valence electrons. The quantitative estimate of drug-likeness (QED) is 0.325. The van der Waals surface area contributed by atoms with Crippen molar-refractivity contribution in [2.24, 2.45) is 0 Å². The molecule has 0 rings (SSSR count). The summed E-state index contributed by atoms with van der Waals surface area (Å²) < 4.78 is 36.0. The molecule has 1 N–H and O–H groups in total. The van der Waals surface area contributed by atoms with Crippen LogP contribution in [0.2, 0.25) is 0 Å². The Morgan fingerprint density at radius 1 is 1.21 bits per heavy atom. The van der Waals surface area contributed by atoms with Crippen LogP contribution in [0, 0.1) is 0 Å². The summed E-state index contributed by atoms with van der Waals surface area (Å²) in [5.74, 6) is -1.94. The van der Waals surface area contributed by atoms with Crippen molar-refractivity contribution in [3.63, 3.8) is 0 Å². The molecule has 8 heteroatoms. The molecule has 0 unspecified atom stereocenters. The topological polar surface area (TPSA) is 37.3 Å². The summed E-state index contributed by atoms with van der Waals surface area (Å²) in [4.78, 5) is 10.4. The van der Waals surface area contributed by atoms with E-state index in [0.717, 1.165) is 0 Å². The first-order valence-corrected chi connectivity index (χ1v) is 6.30. The number of aliphatic carboxylic acids is 1. The SMILES string of the molecule is CC(=C(C(=O)O)C(F)(F)F)C(I)(I)I. The highest BCUT2D eigenvalue weighted by Crippen LogP contribution is 2.46. The van der Waals surface area contributed by atoms with E-state index in [1.807, 2.05) is 0 Å². The van der Waals surface area contributed by atoms with E-state index in [1.165, 1.54) is 6.92 Å². The molecule has 0 aromatic heterocycles. The van der Waals surface area contributed by atoms with Crippen LogP contribution in [0.4, 0.5) is 13.2 Å². The second-order valence-electron chi connectivity index (χ2n) is 2.30. The van der Waals surface area contributed by atoms with Crippen molar-refractivity contribution in [3.05, 3.63) is 11.1 Å². The van der Waals surface area contributed by atoms with Crippen LogP contribution in [0.15, 0.2) is 11.1 Å². The Morgan fingerprint density at radius 3 is 1.64 bits per heavy atom. The van der Waals surface area contributed by atoms with Crippen molar-refractivity contribution in [3.8, 4) is 0 Å². The lowest BCUT2D eigenvalue weighted by atomic mass is 10.1. The van der Waals surface area contributed by atoms with E-state index < -0.39 is 17.2 Å². The lowest BCUT2D eigenvalue weighted by molar-refractivity contribution is -0.145. The van der Waals surface area contributed by atoms with Gasteiger partial charge >= 0.3 is 12.1 Å². The Kier molecular flexibility index (Phi) is 5.44. The molecule has 0 heterocycles. The van der Waals surface area contributed by atoms with Crippen LogP contribution in [0.1, 0.15) is 6.92 Å². The second-order valence-corrected chi connectivity index (χ2v) is 13.3. The summed E-state index contributed by atoms with van der Waals surface area (Å²) in [5.41, 5.74) is -1.70. The molecule has 2 nitrogen and oxygen atoms in total. The predicted octanol–water partition coefficient (Wildman–Crippen LogP) is 3.91. The summed E-state index contributed by atoms with van der Waals surface area (Å²) in [6.07, 6.45) is -4.82. The third-order valence-electron chi connectivity index (χ3n) is 1.30. The molecule has 0 spiro atoms. The molecule has 14 heavy (non-hydrogen) atoms. The smallest absolute Gasteiger partial charge is 0.423 e. The van der Waals surface area contributed by atoms with Crippen LogP contribution in [0.25, 0.3) is 0 Å². The Labute approximate surface area is 119 Å². The molecule has 0 atom stereocenters. The standard InChI is InChI=1S/C6H4F3I3O2/c1-2(6(10,11)12)3(4(13)14)5(7,8)9/h1H3,(H,13,14). The molecular weight excluding hydrogens is 542 g/mol. The summed E-state index contributed by atoms with van der Waals surface area (Å²) >= 11 is 5.23. The van der Waals surface area contributed by atoms with Gasteiger partial charge in [0.05, 0.1) is 0 Å². The maximum atomic E-state index is 12.3. The predicted molar refractivity (Wildman–Crippen MR) is 71.2 cm³/mol. The fourth-order valence-corrected chi connectivity index (χ4v) is 1.45. The van der Waals surface area contributed by atoms with Crippen molar-refractivity contribution >= 4 is 73.7 Å². The van der Waals surface area contributed by atoms with Gasteiger partial charge in [0, 0.05) is 0 Å². The van der Waals surface area contributed by atoms with E-state index in [4.69, 9.17) is 5.11 Å². The number of allylic oxidation sites excluding steroid dienone is 1. The van der Waals surface area contributed by atoms with Gasteiger partial charge in [-0.3, -0.25) is 0 Å². The van der Waals surface area contributed by atoms with Crippen molar-refractivity contribution in [2.45, 2.75) is 12.5 Å². The molecule has 0 saturated carbocycles. The van der Waals surface area contributed by atoms with E-state index >= 15 is 0 Å². The van der Waals surface area contributed by atoms with E-state index in [9.17, 15) is 18.0 Å². The van der Waals surface area contributed by atoms with Crippen LogP contribution < -0.4 is 0 Å². The zero-order chi connectivity index (χ0) is 11.7. The molecule has 0 fully saturated rings. The molecular formula is C6H4F3I3O2. The molecule has 0 bridgehead atoms. The van der Waals surface area contributed by atoms with Crippen LogP contribution in [-0.4, -0.2) is 16.7 Å². The number of carbonyl (C=O) groups is 1.